The van der Waals surface area contributed by atoms with Crippen molar-refractivity contribution in [2.45, 2.75) is 32.7 Å². The summed E-state index contributed by atoms with van der Waals surface area (Å²) in [4.78, 5) is 11.7. The molecule has 0 radical (unpaired) electrons. The average Bonchev–Trinajstić information content (AvgIpc) is 3.32. The van der Waals surface area contributed by atoms with Gasteiger partial charge in [0.25, 0.3) is 0 Å². The third-order valence-corrected chi connectivity index (χ3v) is 6.86. The van der Waals surface area contributed by atoms with Gasteiger partial charge in [-0.25, -0.2) is 4.39 Å². The van der Waals surface area contributed by atoms with Gasteiger partial charge in [-0.05, 0) is 60.5 Å². The molecule has 0 aliphatic rings. The molecule has 1 heterocycles. The zero-order valence-corrected chi connectivity index (χ0v) is 23.2. The molecule has 5 nitrogen and oxygen atoms in total. The fraction of sp³-hybridized carbons (Fsp3) is 0.188. The summed E-state index contributed by atoms with van der Waals surface area (Å²) in [6, 6.07) is 22.3. The molecule has 5 aromatic rings. The zero-order chi connectivity index (χ0) is 29.9. The highest BCUT2D eigenvalue weighted by molar-refractivity contribution is 6.30. The number of hydrogen-bond donors (Lipinski definition) is 0. The van der Waals surface area contributed by atoms with Crippen molar-refractivity contribution in [3.8, 4) is 17.0 Å². The number of carbonyl (C=O) groups excluding carboxylic acids is 1. The molecule has 4 aromatic carbocycles. The van der Waals surface area contributed by atoms with E-state index in [2.05, 4.69) is 5.10 Å². The Balaban J connectivity index is 1.41. The Bertz CT molecular complexity index is 1720. The molecule has 0 saturated carbocycles. The molecule has 5 rings (SSSR count). The summed E-state index contributed by atoms with van der Waals surface area (Å²) >= 11 is 5.88. The largest absolute Gasteiger partial charge is 0.489 e. The van der Waals surface area contributed by atoms with Crippen LogP contribution in [0, 0.1) is 5.82 Å². The van der Waals surface area contributed by atoms with Gasteiger partial charge >= 0.3 is 12.1 Å². The summed E-state index contributed by atoms with van der Waals surface area (Å²) in [5.74, 6) is -0.324. The van der Waals surface area contributed by atoms with Gasteiger partial charge in [-0.15, -0.1) is 0 Å². The van der Waals surface area contributed by atoms with E-state index in [9.17, 15) is 22.4 Å². The standard InChI is InChI=1S/C32H25ClF4N2O3/c1-2-41-29(40)16-20-6-8-21(9-7-20)19-42-25-14-11-22(12-15-25)31-26-4-3-5-27(32(35,36)37)30(26)38-39(31)18-23-10-13-24(33)17-28(23)34/h3-15,17H,2,16,18-19H2,1H3. The lowest BCUT2D eigenvalue weighted by Gasteiger charge is -2.11. The van der Waals surface area contributed by atoms with Crippen molar-refractivity contribution < 1.29 is 31.8 Å². The van der Waals surface area contributed by atoms with Crippen molar-refractivity contribution in [3.05, 3.63) is 118 Å². The Morgan fingerprint density at radius 1 is 0.952 bits per heavy atom. The third kappa shape index (κ3) is 6.57. The van der Waals surface area contributed by atoms with Crippen molar-refractivity contribution in [1.82, 2.24) is 9.78 Å². The van der Waals surface area contributed by atoms with E-state index in [-0.39, 0.29) is 47.0 Å². The van der Waals surface area contributed by atoms with Gasteiger partial charge in [-0.2, -0.15) is 18.3 Å². The molecule has 0 bridgehead atoms. The minimum absolute atomic E-state index is 0.102. The van der Waals surface area contributed by atoms with Crippen LogP contribution in [0.2, 0.25) is 5.02 Å². The molecular formula is C32H25ClF4N2O3. The van der Waals surface area contributed by atoms with Crippen LogP contribution in [0.1, 0.15) is 29.2 Å². The number of fused-ring (bicyclic) bond motifs is 1. The molecule has 0 spiro atoms. The summed E-state index contributed by atoms with van der Waals surface area (Å²) < 4.78 is 68.4. The third-order valence-electron chi connectivity index (χ3n) is 6.62. The summed E-state index contributed by atoms with van der Waals surface area (Å²) in [6.45, 7) is 2.25. The number of carbonyl (C=O) groups is 1. The minimum atomic E-state index is -4.61. The van der Waals surface area contributed by atoms with Gasteiger partial charge in [0.15, 0.2) is 0 Å². The maximum Gasteiger partial charge on any atom is 0.418 e. The van der Waals surface area contributed by atoms with Crippen molar-refractivity contribution >= 4 is 28.5 Å². The number of rotatable bonds is 9. The van der Waals surface area contributed by atoms with Crippen LogP contribution in [0.15, 0.2) is 84.9 Å². The number of nitrogens with zero attached hydrogens (tertiary/aromatic N) is 2. The van der Waals surface area contributed by atoms with Crippen LogP contribution in [-0.4, -0.2) is 22.4 Å². The Labute approximate surface area is 244 Å². The predicted molar refractivity (Wildman–Crippen MR) is 152 cm³/mol. The number of alkyl halides is 3. The van der Waals surface area contributed by atoms with Crippen LogP contribution >= 0.6 is 11.6 Å². The van der Waals surface area contributed by atoms with E-state index in [1.54, 1.807) is 37.3 Å². The number of ether oxygens (including phenoxy) is 2. The molecule has 10 heteroatoms. The normalized spacial score (nSPS) is 11.6. The van der Waals surface area contributed by atoms with E-state index in [0.29, 0.717) is 23.6 Å². The maximum atomic E-state index is 14.6. The van der Waals surface area contributed by atoms with Gasteiger partial charge in [0.1, 0.15) is 23.7 Å². The molecule has 1 aromatic heterocycles. The van der Waals surface area contributed by atoms with Gasteiger partial charge in [-0.3, -0.25) is 9.48 Å². The second kappa shape index (κ2) is 12.2. The summed E-state index contributed by atoms with van der Waals surface area (Å²) in [5, 5.41) is 4.79. The number of benzene rings is 4. The van der Waals surface area contributed by atoms with E-state index in [1.165, 1.54) is 22.9 Å². The smallest absolute Gasteiger partial charge is 0.418 e. The summed E-state index contributed by atoms with van der Waals surface area (Å²) in [5.41, 5.74) is 1.86. The quantitative estimate of drug-likeness (QED) is 0.127. The van der Waals surface area contributed by atoms with Crippen molar-refractivity contribution in [1.29, 1.82) is 0 Å². The van der Waals surface area contributed by atoms with Crippen molar-refractivity contribution in [3.63, 3.8) is 0 Å². The molecule has 0 unspecified atom stereocenters. The highest BCUT2D eigenvalue weighted by atomic mass is 35.5. The van der Waals surface area contributed by atoms with Crippen LogP contribution in [0.5, 0.6) is 5.75 Å². The second-order valence-corrected chi connectivity index (χ2v) is 9.99. The second-order valence-electron chi connectivity index (χ2n) is 9.55. The van der Waals surface area contributed by atoms with E-state index < -0.39 is 17.6 Å². The van der Waals surface area contributed by atoms with E-state index in [1.807, 2.05) is 24.3 Å². The predicted octanol–water partition coefficient (Wildman–Crippen LogP) is 8.25. The summed E-state index contributed by atoms with van der Waals surface area (Å²) in [6.07, 6.45) is -4.42. The fourth-order valence-corrected chi connectivity index (χ4v) is 4.78. The topological polar surface area (TPSA) is 53.4 Å². The molecule has 0 aliphatic heterocycles. The zero-order valence-electron chi connectivity index (χ0n) is 22.4. The van der Waals surface area contributed by atoms with E-state index in [0.717, 1.165) is 23.3 Å². The maximum absolute atomic E-state index is 14.6. The Kier molecular flexibility index (Phi) is 8.49. The summed E-state index contributed by atoms with van der Waals surface area (Å²) in [7, 11) is 0. The fourth-order valence-electron chi connectivity index (χ4n) is 4.62. The van der Waals surface area contributed by atoms with Gasteiger partial charge in [0.05, 0.1) is 30.8 Å². The van der Waals surface area contributed by atoms with Crippen molar-refractivity contribution in [2.75, 3.05) is 6.61 Å². The van der Waals surface area contributed by atoms with E-state index >= 15 is 0 Å². The van der Waals surface area contributed by atoms with Gasteiger partial charge in [0, 0.05) is 21.5 Å². The molecular weight excluding hydrogens is 572 g/mol. The molecule has 0 aliphatic carbocycles. The first-order chi connectivity index (χ1) is 20.1. The number of esters is 1. The molecule has 42 heavy (non-hydrogen) atoms. The van der Waals surface area contributed by atoms with Gasteiger partial charge in [-0.1, -0.05) is 54.1 Å². The SMILES string of the molecule is CCOC(=O)Cc1ccc(COc2ccc(-c3c4cccc(C(F)(F)F)c4nn3Cc3ccc(Cl)cc3F)cc2)cc1. The lowest BCUT2D eigenvalue weighted by molar-refractivity contribution is -0.142. The highest BCUT2D eigenvalue weighted by Gasteiger charge is 2.34. The molecule has 216 valence electrons. The van der Waals surface area contributed by atoms with Gasteiger partial charge < -0.3 is 9.47 Å². The van der Waals surface area contributed by atoms with Crippen LogP contribution in [0.4, 0.5) is 17.6 Å². The number of hydrogen-bond acceptors (Lipinski definition) is 4. The minimum Gasteiger partial charge on any atom is -0.489 e. The first kappa shape index (κ1) is 29.1. The number of aromatic nitrogens is 2. The van der Waals surface area contributed by atoms with Crippen LogP contribution in [0.3, 0.4) is 0 Å². The highest BCUT2D eigenvalue weighted by Crippen LogP contribution is 2.38. The molecule has 0 saturated heterocycles. The van der Waals surface area contributed by atoms with Crippen molar-refractivity contribution in [2.24, 2.45) is 0 Å². The van der Waals surface area contributed by atoms with Gasteiger partial charge in [0.2, 0.25) is 0 Å². The average molecular weight is 597 g/mol. The Morgan fingerprint density at radius 3 is 2.33 bits per heavy atom. The van der Waals surface area contributed by atoms with Crippen LogP contribution in [-0.2, 0) is 35.3 Å². The molecule has 0 atom stereocenters. The Hall–Kier alpha value is -4.37. The molecule has 0 amide bonds. The van der Waals surface area contributed by atoms with Crippen LogP contribution in [0.25, 0.3) is 22.2 Å². The Morgan fingerprint density at radius 2 is 1.67 bits per heavy atom. The first-order valence-electron chi connectivity index (χ1n) is 13.1. The monoisotopic (exact) mass is 596 g/mol. The van der Waals surface area contributed by atoms with E-state index in [4.69, 9.17) is 21.1 Å². The van der Waals surface area contributed by atoms with Crippen LogP contribution < -0.4 is 4.74 Å². The lowest BCUT2D eigenvalue weighted by atomic mass is 10.0. The number of halogens is 5. The molecule has 0 fully saturated rings. The lowest BCUT2D eigenvalue weighted by Crippen LogP contribution is -2.07. The molecule has 0 N–H and O–H groups in total. The first-order valence-corrected chi connectivity index (χ1v) is 13.5.